The number of aliphatic hydroxyl groups excluding tert-OH is 1. The van der Waals surface area contributed by atoms with Gasteiger partial charge in [-0.25, -0.2) is 4.79 Å². The summed E-state index contributed by atoms with van der Waals surface area (Å²) in [5.41, 5.74) is 2.02. The van der Waals surface area contributed by atoms with Crippen molar-refractivity contribution in [2.75, 3.05) is 20.3 Å². The molecule has 0 saturated heterocycles. The number of fused-ring (bicyclic) bond motifs is 2. The Bertz CT molecular complexity index is 547. The van der Waals surface area contributed by atoms with Gasteiger partial charge in [-0.2, -0.15) is 0 Å². The summed E-state index contributed by atoms with van der Waals surface area (Å²) in [6, 6.07) is 0. The molecule has 6 heteroatoms. The van der Waals surface area contributed by atoms with E-state index in [1.165, 1.54) is 7.11 Å². The summed E-state index contributed by atoms with van der Waals surface area (Å²) in [7, 11) is 1.25. The summed E-state index contributed by atoms with van der Waals surface area (Å²) in [6.07, 6.45) is 1.71. The molecule has 5 nitrogen and oxygen atoms in total. The SMILES string of the molecule is COC(=O)C(O)c1c2c(c(Cl)c3c1OCCC3)OCCC2. The van der Waals surface area contributed by atoms with Crippen molar-refractivity contribution in [3.63, 3.8) is 0 Å². The molecule has 1 aromatic rings. The second-order valence-corrected chi connectivity index (χ2v) is 5.55. The Labute approximate surface area is 127 Å². The van der Waals surface area contributed by atoms with Crippen LogP contribution >= 0.6 is 11.6 Å². The van der Waals surface area contributed by atoms with Crippen LogP contribution in [0.3, 0.4) is 0 Å². The summed E-state index contributed by atoms with van der Waals surface area (Å²) in [6.45, 7) is 1.13. The third-order valence-electron chi connectivity index (χ3n) is 3.92. The zero-order valence-corrected chi connectivity index (χ0v) is 12.5. The van der Waals surface area contributed by atoms with Gasteiger partial charge < -0.3 is 19.3 Å². The molecule has 3 rings (SSSR count). The van der Waals surface area contributed by atoms with Crippen molar-refractivity contribution < 1.29 is 24.1 Å². The molecule has 0 saturated carbocycles. The number of hydrogen-bond donors (Lipinski definition) is 1. The van der Waals surface area contributed by atoms with Crippen molar-refractivity contribution in [2.24, 2.45) is 0 Å². The van der Waals surface area contributed by atoms with Gasteiger partial charge in [-0.1, -0.05) is 11.6 Å². The van der Waals surface area contributed by atoms with Crippen LogP contribution in [0, 0.1) is 0 Å². The lowest BCUT2D eigenvalue weighted by Gasteiger charge is -2.30. The van der Waals surface area contributed by atoms with Crippen LogP contribution in [0.2, 0.25) is 5.02 Å². The maximum absolute atomic E-state index is 11.8. The minimum atomic E-state index is -1.38. The minimum Gasteiger partial charge on any atom is -0.493 e. The van der Waals surface area contributed by atoms with E-state index >= 15 is 0 Å². The Morgan fingerprint density at radius 3 is 2.48 bits per heavy atom. The van der Waals surface area contributed by atoms with Crippen LogP contribution in [0.15, 0.2) is 0 Å². The molecular weight excluding hydrogens is 296 g/mol. The van der Waals surface area contributed by atoms with Crippen LogP contribution in [0.25, 0.3) is 0 Å². The number of carbonyl (C=O) groups is 1. The molecule has 0 aliphatic carbocycles. The molecule has 21 heavy (non-hydrogen) atoms. The first-order valence-electron chi connectivity index (χ1n) is 7.03. The summed E-state index contributed by atoms with van der Waals surface area (Å²) < 4.78 is 16.0. The Balaban J connectivity index is 2.22. The van der Waals surface area contributed by atoms with Gasteiger partial charge in [-0.15, -0.1) is 0 Å². The predicted molar refractivity (Wildman–Crippen MR) is 76.1 cm³/mol. The van der Waals surface area contributed by atoms with Crippen molar-refractivity contribution >= 4 is 17.6 Å². The number of hydrogen-bond acceptors (Lipinski definition) is 5. The van der Waals surface area contributed by atoms with E-state index in [1.807, 2.05) is 0 Å². The zero-order chi connectivity index (χ0) is 15.0. The second-order valence-electron chi connectivity index (χ2n) is 5.17. The first kappa shape index (κ1) is 14.5. The topological polar surface area (TPSA) is 65.0 Å². The quantitative estimate of drug-likeness (QED) is 0.848. The van der Waals surface area contributed by atoms with Crippen molar-refractivity contribution in [3.05, 3.63) is 21.7 Å². The normalized spacial score (nSPS) is 17.9. The van der Waals surface area contributed by atoms with E-state index in [-0.39, 0.29) is 0 Å². The molecule has 1 aromatic carbocycles. The fraction of sp³-hybridized carbons (Fsp3) is 0.533. The summed E-state index contributed by atoms with van der Waals surface area (Å²) in [5.74, 6) is 0.389. The van der Waals surface area contributed by atoms with Gasteiger partial charge in [0, 0.05) is 16.7 Å². The highest BCUT2D eigenvalue weighted by Gasteiger charge is 2.34. The van der Waals surface area contributed by atoms with Crippen LogP contribution in [-0.4, -0.2) is 31.4 Å². The number of ether oxygens (including phenoxy) is 3. The first-order chi connectivity index (χ1) is 10.1. The first-order valence-corrected chi connectivity index (χ1v) is 7.41. The molecule has 0 aromatic heterocycles. The lowest BCUT2D eigenvalue weighted by Crippen LogP contribution is -2.23. The molecule has 0 bridgehead atoms. The molecule has 1 atom stereocenters. The molecule has 1 N–H and O–H groups in total. The number of aliphatic hydroxyl groups is 1. The minimum absolute atomic E-state index is 0.454. The average molecular weight is 313 g/mol. The third kappa shape index (κ3) is 2.34. The van der Waals surface area contributed by atoms with E-state index in [9.17, 15) is 9.90 Å². The number of methoxy groups -OCH3 is 1. The van der Waals surface area contributed by atoms with E-state index in [0.717, 1.165) is 30.4 Å². The molecule has 0 amide bonds. The van der Waals surface area contributed by atoms with Crippen molar-refractivity contribution in [1.82, 2.24) is 0 Å². The van der Waals surface area contributed by atoms with Crippen LogP contribution in [0.5, 0.6) is 11.5 Å². The van der Waals surface area contributed by atoms with Gasteiger partial charge >= 0.3 is 5.97 Å². The van der Waals surface area contributed by atoms with Gasteiger partial charge in [0.2, 0.25) is 0 Å². The highest BCUT2D eigenvalue weighted by Crippen LogP contribution is 2.48. The summed E-state index contributed by atoms with van der Waals surface area (Å²) >= 11 is 6.43. The monoisotopic (exact) mass is 312 g/mol. The smallest absolute Gasteiger partial charge is 0.339 e. The molecule has 0 radical (unpaired) electrons. The molecule has 2 aliphatic rings. The molecule has 114 valence electrons. The zero-order valence-electron chi connectivity index (χ0n) is 11.8. The number of esters is 1. The van der Waals surface area contributed by atoms with E-state index in [4.69, 9.17) is 21.1 Å². The predicted octanol–water partition coefficient (Wildman–Crippen LogP) is 2.20. The van der Waals surface area contributed by atoms with Crippen LogP contribution in [0.1, 0.15) is 35.6 Å². The fourth-order valence-electron chi connectivity index (χ4n) is 2.94. The molecule has 2 aliphatic heterocycles. The average Bonchev–Trinajstić information content (AvgIpc) is 2.54. The van der Waals surface area contributed by atoms with Crippen molar-refractivity contribution in [1.29, 1.82) is 0 Å². The number of carbonyl (C=O) groups excluding carboxylic acids is 1. The van der Waals surface area contributed by atoms with Crippen molar-refractivity contribution in [2.45, 2.75) is 31.8 Å². The van der Waals surface area contributed by atoms with Gasteiger partial charge in [0.05, 0.1) is 25.3 Å². The number of benzene rings is 1. The Kier molecular flexibility index (Phi) is 3.95. The van der Waals surface area contributed by atoms with E-state index < -0.39 is 12.1 Å². The van der Waals surface area contributed by atoms with Gasteiger partial charge in [0.25, 0.3) is 0 Å². The van der Waals surface area contributed by atoms with Crippen LogP contribution < -0.4 is 9.47 Å². The Morgan fingerprint density at radius 1 is 1.19 bits per heavy atom. The number of rotatable bonds is 2. The number of halogens is 1. The standard InChI is InChI=1S/C15H17ClO5/c1-19-15(18)12(17)10-8-4-2-7-21-14(8)11(16)9-5-3-6-20-13(9)10/h12,17H,2-7H2,1H3. The molecular formula is C15H17ClO5. The maximum atomic E-state index is 11.8. The molecule has 1 unspecified atom stereocenters. The highest BCUT2D eigenvalue weighted by molar-refractivity contribution is 6.33. The van der Waals surface area contributed by atoms with Crippen molar-refractivity contribution in [3.8, 4) is 11.5 Å². The maximum Gasteiger partial charge on any atom is 0.339 e. The summed E-state index contributed by atoms with van der Waals surface area (Å²) in [4.78, 5) is 11.8. The highest BCUT2D eigenvalue weighted by atomic mass is 35.5. The Hall–Kier alpha value is -1.46. The molecule has 2 heterocycles. The Morgan fingerprint density at radius 2 is 1.81 bits per heavy atom. The van der Waals surface area contributed by atoms with E-state index in [0.29, 0.717) is 41.7 Å². The van der Waals surface area contributed by atoms with E-state index in [2.05, 4.69) is 4.74 Å². The lowest BCUT2D eigenvalue weighted by atomic mass is 9.90. The molecule has 0 spiro atoms. The van der Waals surface area contributed by atoms with Crippen LogP contribution in [-0.2, 0) is 22.4 Å². The third-order valence-corrected chi connectivity index (χ3v) is 4.31. The lowest BCUT2D eigenvalue weighted by molar-refractivity contribution is -0.150. The summed E-state index contributed by atoms with van der Waals surface area (Å²) in [5, 5.41) is 10.9. The second kappa shape index (κ2) is 5.73. The van der Waals surface area contributed by atoms with Crippen LogP contribution in [0.4, 0.5) is 0 Å². The largest absolute Gasteiger partial charge is 0.493 e. The van der Waals surface area contributed by atoms with Gasteiger partial charge in [0.15, 0.2) is 6.10 Å². The van der Waals surface area contributed by atoms with E-state index in [1.54, 1.807) is 0 Å². The molecule has 0 fully saturated rings. The van der Waals surface area contributed by atoms with Gasteiger partial charge in [-0.05, 0) is 25.7 Å². The van der Waals surface area contributed by atoms with Gasteiger partial charge in [-0.3, -0.25) is 0 Å². The fourth-order valence-corrected chi connectivity index (χ4v) is 3.29. The van der Waals surface area contributed by atoms with Gasteiger partial charge in [0.1, 0.15) is 11.5 Å².